The van der Waals surface area contributed by atoms with E-state index in [0.29, 0.717) is 28.9 Å². The molecule has 0 aliphatic carbocycles. The van der Waals surface area contributed by atoms with Crippen LogP contribution in [0.4, 0.5) is 5.69 Å². The molecule has 2 aromatic carbocycles. The lowest BCUT2D eigenvalue weighted by Crippen LogP contribution is -2.28. The van der Waals surface area contributed by atoms with Crippen LogP contribution in [-0.2, 0) is 9.53 Å². The molecule has 0 saturated heterocycles. The van der Waals surface area contributed by atoms with Gasteiger partial charge in [0.05, 0.1) is 18.0 Å². The normalized spacial score (nSPS) is 16.7. The maximum absolute atomic E-state index is 12.6. The maximum Gasteiger partial charge on any atom is 0.276 e. The second-order valence-electron chi connectivity index (χ2n) is 6.54. The number of halogens is 2. The maximum atomic E-state index is 12.6. The van der Waals surface area contributed by atoms with Gasteiger partial charge in [-0.25, -0.2) is 4.99 Å². The summed E-state index contributed by atoms with van der Waals surface area (Å²) >= 11 is 9.90. The average molecular weight is 436 g/mol. The molecule has 0 fully saturated rings. The summed E-state index contributed by atoms with van der Waals surface area (Å²) in [6.45, 7) is 4.69. The summed E-state index contributed by atoms with van der Waals surface area (Å²) in [7, 11) is 0. The third-order valence-corrected chi connectivity index (χ3v) is 4.89. The Bertz CT molecular complexity index is 851. The van der Waals surface area contributed by atoms with E-state index in [9.17, 15) is 4.79 Å². The summed E-state index contributed by atoms with van der Waals surface area (Å²) in [6.07, 6.45) is -0.0506. The van der Waals surface area contributed by atoms with Gasteiger partial charge in [-0.05, 0) is 36.6 Å². The van der Waals surface area contributed by atoms with E-state index in [4.69, 9.17) is 16.3 Å². The molecular weight excluding hydrogens is 416 g/mol. The van der Waals surface area contributed by atoms with Crippen molar-refractivity contribution in [3.8, 4) is 0 Å². The lowest BCUT2D eigenvalue weighted by molar-refractivity contribution is -0.127. The SMILES string of the molecule is CC(C)CCOC1N=C(c2ccccc2Cl)c2cc(Br)ccc2NC1=O. The van der Waals surface area contributed by atoms with Gasteiger partial charge in [0.15, 0.2) is 0 Å². The molecule has 1 aliphatic heterocycles. The second-order valence-corrected chi connectivity index (χ2v) is 7.87. The zero-order valence-corrected chi connectivity index (χ0v) is 17.0. The molecule has 0 spiro atoms. The minimum absolute atomic E-state index is 0.278. The minimum Gasteiger partial charge on any atom is -0.348 e. The van der Waals surface area contributed by atoms with Crippen LogP contribution in [0.1, 0.15) is 31.4 Å². The van der Waals surface area contributed by atoms with Crippen molar-refractivity contribution in [2.45, 2.75) is 26.5 Å². The molecule has 1 atom stereocenters. The molecule has 1 unspecified atom stereocenters. The molecule has 2 aromatic rings. The molecule has 26 heavy (non-hydrogen) atoms. The number of anilines is 1. The van der Waals surface area contributed by atoms with Crippen LogP contribution in [0.15, 0.2) is 51.9 Å². The first-order chi connectivity index (χ1) is 12.5. The van der Waals surface area contributed by atoms with Gasteiger partial charge in [-0.15, -0.1) is 0 Å². The first-order valence-corrected chi connectivity index (χ1v) is 9.68. The zero-order valence-electron chi connectivity index (χ0n) is 14.6. The average Bonchev–Trinajstić information content (AvgIpc) is 2.72. The van der Waals surface area contributed by atoms with E-state index < -0.39 is 6.23 Å². The highest BCUT2D eigenvalue weighted by molar-refractivity contribution is 9.10. The van der Waals surface area contributed by atoms with Crippen LogP contribution in [0.25, 0.3) is 0 Å². The molecule has 0 radical (unpaired) electrons. The van der Waals surface area contributed by atoms with Crippen molar-refractivity contribution < 1.29 is 9.53 Å². The first-order valence-electron chi connectivity index (χ1n) is 8.51. The molecule has 0 saturated carbocycles. The molecule has 6 heteroatoms. The molecule has 3 rings (SSSR count). The van der Waals surface area contributed by atoms with Gasteiger partial charge in [0, 0.05) is 20.6 Å². The number of nitrogens with zero attached hydrogens (tertiary/aromatic N) is 1. The highest BCUT2D eigenvalue weighted by Gasteiger charge is 2.27. The minimum atomic E-state index is -0.911. The molecule has 1 amide bonds. The van der Waals surface area contributed by atoms with E-state index in [1.807, 2.05) is 42.5 Å². The Hall–Kier alpha value is -1.69. The predicted molar refractivity (Wildman–Crippen MR) is 109 cm³/mol. The number of amides is 1. The molecule has 4 nitrogen and oxygen atoms in total. The molecule has 0 aromatic heterocycles. The van der Waals surface area contributed by atoms with Gasteiger partial charge in [0.25, 0.3) is 5.91 Å². The Kier molecular flexibility index (Phi) is 6.12. The van der Waals surface area contributed by atoms with E-state index in [2.05, 4.69) is 40.1 Å². The number of fused-ring (bicyclic) bond motifs is 1. The fourth-order valence-electron chi connectivity index (χ4n) is 2.66. The van der Waals surface area contributed by atoms with Gasteiger partial charge in [-0.1, -0.05) is 59.6 Å². The molecule has 1 heterocycles. The van der Waals surface area contributed by atoms with Crippen LogP contribution >= 0.6 is 27.5 Å². The van der Waals surface area contributed by atoms with Crippen molar-refractivity contribution in [1.82, 2.24) is 0 Å². The van der Waals surface area contributed by atoms with Crippen molar-refractivity contribution in [3.63, 3.8) is 0 Å². The van der Waals surface area contributed by atoms with Gasteiger partial charge in [-0.2, -0.15) is 0 Å². The Labute approximate surface area is 166 Å². The number of carbonyl (C=O) groups is 1. The van der Waals surface area contributed by atoms with Crippen LogP contribution in [0, 0.1) is 5.92 Å². The number of hydrogen-bond donors (Lipinski definition) is 1. The summed E-state index contributed by atoms with van der Waals surface area (Å²) in [5.74, 6) is 0.211. The zero-order chi connectivity index (χ0) is 18.7. The van der Waals surface area contributed by atoms with Crippen molar-refractivity contribution in [2.24, 2.45) is 10.9 Å². The number of aliphatic imine (C=N–C) groups is 1. The summed E-state index contributed by atoms with van der Waals surface area (Å²) in [5.41, 5.74) is 2.89. The number of hydrogen-bond acceptors (Lipinski definition) is 3. The molecule has 136 valence electrons. The van der Waals surface area contributed by atoms with Crippen molar-refractivity contribution in [2.75, 3.05) is 11.9 Å². The largest absolute Gasteiger partial charge is 0.348 e. The van der Waals surface area contributed by atoms with Crippen molar-refractivity contribution >= 4 is 44.8 Å². The number of nitrogens with one attached hydrogen (secondary N) is 1. The summed E-state index contributed by atoms with van der Waals surface area (Å²) in [5, 5.41) is 3.49. The van der Waals surface area contributed by atoms with Crippen LogP contribution in [0.2, 0.25) is 5.02 Å². The van der Waals surface area contributed by atoms with Gasteiger partial charge >= 0.3 is 0 Å². The summed E-state index contributed by atoms with van der Waals surface area (Å²) < 4.78 is 6.68. The number of ether oxygens (including phenoxy) is 1. The number of benzodiazepines with no additional fused rings is 1. The molecule has 1 N–H and O–H groups in total. The highest BCUT2D eigenvalue weighted by Crippen LogP contribution is 2.30. The Morgan fingerprint density at radius 2 is 2.00 bits per heavy atom. The predicted octanol–water partition coefficient (Wildman–Crippen LogP) is 5.28. The third kappa shape index (κ3) is 4.34. The number of carbonyl (C=O) groups excluding carboxylic acids is 1. The van der Waals surface area contributed by atoms with E-state index in [-0.39, 0.29) is 5.91 Å². The van der Waals surface area contributed by atoms with Crippen LogP contribution in [0.3, 0.4) is 0 Å². The van der Waals surface area contributed by atoms with Gasteiger partial charge in [0.1, 0.15) is 0 Å². The molecule has 0 bridgehead atoms. The van der Waals surface area contributed by atoms with E-state index in [0.717, 1.165) is 22.0 Å². The second kappa shape index (κ2) is 8.33. The van der Waals surface area contributed by atoms with Crippen molar-refractivity contribution in [3.05, 3.63) is 63.1 Å². The standard InChI is InChI=1S/C20H20BrClN2O2/c1-12(2)9-10-26-20-19(25)23-17-8-7-13(21)11-15(17)18(24-20)14-5-3-4-6-16(14)22/h3-8,11-12,20H,9-10H2,1-2H3,(H,23,25). The lowest BCUT2D eigenvalue weighted by atomic mass is 10.0. The van der Waals surface area contributed by atoms with Crippen LogP contribution in [0.5, 0.6) is 0 Å². The van der Waals surface area contributed by atoms with Crippen LogP contribution in [-0.4, -0.2) is 24.5 Å². The Balaban J connectivity index is 2.06. The van der Waals surface area contributed by atoms with Crippen molar-refractivity contribution in [1.29, 1.82) is 0 Å². The molecular formula is C20H20BrClN2O2. The smallest absolute Gasteiger partial charge is 0.276 e. The fourth-order valence-corrected chi connectivity index (χ4v) is 3.24. The monoisotopic (exact) mass is 434 g/mol. The van der Waals surface area contributed by atoms with Gasteiger partial charge in [-0.3, -0.25) is 4.79 Å². The highest BCUT2D eigenvalue weighted by atomic mass is 79.9. The first kappa shape index (κ1) is 19.1. The topological polar surface area (TPSA) is 50.7 Å². The lowest BCUT2D eigenvalue weighted by Gasteiger charge is -2.13. The quantitative estimate of drug-likeness (QED) is 0.694. The summed E-state index contributed by atoms with van der Waals surface area (Å²) in [6, 6.07) is 13.1. The Morgan fingerprint density at radius 3 is 2.73 bits per heavy atom. The van der Waals surface area contributed by atoms with E-state index in [1.54, 1.807) is 0 Å². The third-order valence-electron chi connectivity index (χ3n) is 4.07. The van der Waals surface area contributed by atoms with Gasteiger partial charge < -0.3 is 10.1 Å². The van der Waals surface area contributed by atoms with E-state index in [1.165, 1.54) is 0 Å². The number of benzene rings is 2. The van der Waals surface area contributed by atoms with Gasteiger partial charge in [0.2, 0.25) is 6.23 Å². The van der Waals surface area contributed by atoms with Crippen LogP contribution < -0.4 is 5.32 Å². The Morgan fingerprint density at radius 1 is 1.23 bits per heavy atom. The molecule has 1 aliphatic rings. The summed E-state index contributed by atoms with van der Waals surface area (Å²) in [4.78, 5) is 17.3. The fraction of sp³-hybridized carbons (Fsp3) is 0.300. The number of rotatable bonds is 5. The van der Waals surface area contributed by atoms with E-state index >= 15 is 0 Å².